The molecule has 0 unspecified atom stereocenters. The number of thiophene rings is 2. The van der Waals surface area contributed by atoms with Gasteiger partial charge in [0.15, 0.2) is 0 Å². The zero-order chi connectivity index (χ0) is 54.0. The van der Waals surface area contributed by atoms with E-state index in [1.54, 1.807) is 22.7 Å². The molecule has 17 aromatic rings. The molecule has 0 aliphatic carbocycles. The maximum absolute atomic E-state index is 8.95. The summed E-state index contributed by atoms with van der Waals surface area (Å²) in [5.41, 5.74) is 11.3. The van der Waals surface area contributed by atoms with Gasteiger partial charge < -0.3 is 8.80 Å². The molecule has 0 aliphatic heterocycles. The highest BCUT2D eigenvalue weighted by Crippen LogP contribution is 2.52. The smallest absolute Gasteiger partial charge is 0.0629 e. The fraction of sp³-hybridized carbons (Fsp3) is 0. The van der Waals surface area contributed by atoms with Crippen molar-refractivity contribution in [3.63, 3.8) is 0 Å². The molecule has 4 heteroatoms. The molecule has 0 aliphatic rings. The molecule has 0 amide bonds. The number of benzene rings is 11. The van der Waals surface area contributed by atoms with Gasteiger partial charge in [-0.25, -0.2) is 0 Å². The lowest BCUT2D eigenvalue weighted by Gasteiger charge is -2.11. The zero-order valence-corrected chi connectivity index (χ0v) is 38.4. The summed E-state index contributed by atoms with van der Waals surface area (Å²) in [7, 11) is 0. The molecule has 0 fully saturated rings. The predicted octanol–water partition coefficient (Wildman–Crippen LogP) is 19.4. The number of rotatable bonds is 4. The topological polar surface area (TPSA) is 8.82 Å². The number of nitrogens with zero attached hydrogens (tertiary/aromatic N) is 2. The van der Waals surface area contributed by atoms with Crippen molar-refractivity contribution in [1.29, 1.82) is 0 Å². The van der Waals surface area contributed by atoms with Crippen LogP contribution in [0.1, 0.15) is 13.7 Å². The Bertz CT molecular complexity index is 5280. The van der Waals surface area contributed by atoms with E-state index in [1.807, 2.05) is 48.5 Å². The summed E-state index contributed by atoms with van der Waals surface area (Å²) in [5, 5.41) is 13.6. The molecule has 0 bridgehead atoms. The van der Waals surface area contributed by atoms with Gasteiger partial charge in [-0.3, -0.25) is 0 Å². The van der Waals surface area contributed by atoms with E-state index in [2.05, 4.69) is 118 Å². The molecular formula is C66H36N2S2. The largest absolute Gasteiger partial charge is 0.308 e. The second kappa shape index (κ2) is 13.6. The first-order valence-electron chi connectivity index (χ1n) is 28.3. The molecule has 17 rings (SSSR count). The van der Waals surface area contributed by atoms with E-state index >= 15 is 0 Å². The lowest BCUT2D eigenvalue weighted by Crippen LogP contribution is -1.87. The highest BCUT2D eigenvalue weighted by atomic mass is 32.1. The van der Waals surface area contributed by atoms with Crippen LogP contribution < -0.4 is 0 Å². The minimum Gasteiger partial charge on any atom is -0.308 e. The van der Waals surface area contributed by atoms with Crippen molar-refractivity contribution in [3.8, 4) is 44.5 Å². The molecule has 0 saturated heterocycles. The zero-order valence-electron chi connectivity index (χ0n) is 46.7. The molecule has 2 nitrogen and oxygen atoms in total. The third-order valence-corrected chi connectivity index (χ3v) is 17.2. The lowest BCUT2D eigenvalue weighted by molar-refractivity contribution is 1.36. The van der Waals surface area contributed by atoms with E-state index in [9.17, 15) is 0 Å². The van der Waals surface area contributed by atoms with Gasteiger partial charge >= 0.3 is 0 Å². The summed E-state index contributed by atoms with van der Waals surface area (Å²) >= 11 is 3.58. The van der Waals surface area contributed by atoms with Gasteiger partial charge in [-0.05, 0) is 105 Å². The quantitative estimate of drug-likeness (QED) is 0.166. The Labute approximate surface area is 422 Å². The van der Waals surface area contributed by atoms with E-state index in [0.717, 1.165) is 98.4 Å². The van der Waals surface area contributed by atoms with Gasteiger partial charge in [0.05, 0.1) is 46.8 Å². The first-order valence-corrected chi connectivity index (χ1v) is 24.9. The summed E-state index contributed by atoms with van der Waals surface area (Å²) in [6, 6.07) is 51.7. The molecular weight excluding hydrogens is 885 g/mol. The van der Waals surface area contributed by atoms with Crippen LogP contribution in [0.5, 0.6) is 0 Å². The van der Waals surface area contributed by atoms with Gasteiger partial charge in [0.2, 0.25) is 0 Å². The van der Waals surface area contributed by atoms with Crippen LogP contribution in [0.3, 0.4) is 0 Å². The van der Waals surface area contributed by atoms with Crippen LogP contribution in [0.25, 0.3) is 161 Å². The average molecular weight is 931 g/mol. The Morgan fingerprint density at radius 3 is 1.13 bits per heavy atom. The van der Waals surface area contributed by atoms with Crippen molar-refractivity contribution in [1.82, 2.24) is 8.80 Å². The van der Waals surface area contributed by atoms with Crippen LogP contribution in [-0.4, -0.2) is 8.80 Å². The Morgan fingerprint density at radius 1 is 0.286 bits per heavy atom. The van der Waals surface area contributed by atoms with E-state index in [-0.39, 0.29) is 59.5 Å². The number of hydrogen-bond donors (Lipinski definition) is 0. The van der Waals surface area contributed by atoms with E-state index in [4.69, 9.17) is 13.7 Å². The average Bonchev–Trinajstić information content (AvgIpc) is 3.24. The third kappa shape index (κ3) is 4.81. The maximum Gasteiger partial charge on any atom is 0.0629 e. The molecule has 11 aromatic carbocycles. The minimum absolute atomic E-state index is 0.172. The molecule has 6 aromatic heterocycles. The predicted molar refractivity (Wildman–Crippen MR) is 303 cm³/mol. The van der Waals surface area contributed by atoms with Crippen LogP contribution in [0.4, 0.5) is 0 Å². The Balaban J connectivity index is 0.969. The first-order chi connectivity index (χ1) is 38.9. The Morgan fingerprint density at radius 2 is 0.686 bits per heavy atom. The van der Waals surface area contributed by atoms with E-state index < -0.39 is 12.1 Å². The van der Waals surface area contributed by atoms with Crippen LogP contribution in [-0.2, 0) is 0 Å². The third-order valence-electron chi connectivity index (χ3n) is 14.9. The molecule has 0 spiro atoms. The SMILES string of the molecule is [2H]c1c([2H])c([2H])c(-c2ccccc2-c2ccc3c(c2)c2c4c(cc5c6cc7c(cc6n3c52)c2cc3sc5ccccc5c3c3c5cc(-c6ccccc6-c6c([2H])c([2H])c([2H])c([2H])c6[2H])ccc5n7c23)sc2ccccc24)c([2H])c1[2H]. The second-order valence-electron chi connectivity index (χ2n) is 18.4. The molecule has 322 valence electrons. The van der Waals surface area contributed by atoms with Crippen LogP contribution in [0, 0.1) is 0 Å². The summed E-state index contributed by atoms with van der Waals surface area (Å²) in [6.07, 6.45) is 0. The van der Waals surface area contributed by atoms with Crippen molar-refractivity contribution in [2.45, 2.75) is 0 Å². The highest BCUT2D eigenvalue weighted by molar-refractivity contribution is 7.26. The van der Waals surface area contributed by atoms with Crippen molar-refractivity contribution in [2.24, 2.45) is 0 Å². The highest BCUT2D eigenvalue weighted by Gasteiger charge is 2.27. The maximum atomic E-state index is 8.95. The van der Waals surface area contributed by atoms with Crippen molar-refractivity contribution >= 4 is 139 Å². The summed E-state index contributed by atoms with van der Waals surface area (Å²) in [6.45, 7) is 0. The van der Waals surface area contributed by atoms with Gasteiger partial charge in [0, 0.05) is 83.4 Å². The molecule has 0 saturated carbocycles. The molecule has 0 atom stereocenters. The molecule has 0 N–H and O–H groups in total. The van der Waals surface area contributed by atoms with E-state index in [0.29, 0.717) is 11.1 Å². The summed E-state index contributed by atoms with van der Waals surface area (Å²) in [5.74, 6) is 0. The van der Waals surface area contributed by atoms with Crippen LogP contribution in [0.15, 0.2) is 218 Å². The fourth-order valence-corrected chi connectivity index (χ4v) is 14.5. The monoisotopic (exact) mass is 930 g/mol. The Hall–Kier alpha value is -8.54. The Kier molecular flexibility index (Phi) is 5.70. The molecule has 6 heterocycles. The number of fused-ring (bicyclic) bond motifs is 20. The molecule has 0 radical (unpaired) electrons. The standard InChI is InChI=1S/C66H36N2S2/c1-3-15-37(16-4-1)41-19-7-9-21-43(41)39-27-29-53-51(31-39)63-61-45-23-11-13-25-57(45)69-59(61)35-49-47-34-56-48(33-55(47)67(53)65(49)63)50-36-60-62(46-24-12-14-26-58(46)70-60)64-52-32-40(28-30-54(52)68(56)66(50)64)44-22-10-8-20-42(44)38-17-5-2-6-18-38/h1-36H/i1D,2D,3D,4D,5D,6D,15D,16D,17D,18D. The first kappa shape index (κ1) is 29.4. The number of hydrogen-bond acceptors (Lipinski definition) is 2. The van der Waals surface area contributed by atoms with Gasteiger partial charge in [-0.15, -0.1) is 22.7 Å². The summed E-state index contributed by atoms with van der Waals surface area (Å²) in [4.78, 5) is 0. The fourth-order valence-electron chi connectivity index (χ4n) is 12.1. The van der Waals surface area contributed by atoms with Gasteiger partial charge in [-0.1, -0.05) is 157 Å². The number of aromatic nitrogens is 2. The van der Waals surface area contributed by atoms with Crippen molar-refractivity contribution in [3.05, 3.63) is 218 Å². The lowest BCUT2D eigenvalue weighted by atomic mass is 9.93. The summed E-state index contributed by atoms with van der Waals surface area (Å²) < 4.78 is 96.2. The van der Waals surface area contributed by atoms with Crippen LogP contribution >= 0.6 is 22.7 Å². The molecule has 70 heavy (non-hydrogen) atoms. The van der Waals surface area contributed by atoms with E-state index in [1.165, 1.54) is 40.3 Å². The van der Waals surface area contributed by atoms with Crippen molar-refractivity contribution < 1.29 is 13.7 Å². The second-order valence-corrected chi connectivity index (χ2v) is 20.5. The minimum atomic E-state index is -0.420. The van der Waals surface area contributed by atoms with Crippen molar-refractivity contribution in [2.75, 3.05) is 0 Å². The van der Waals surface area contributed by atoms with Gasteiger partial charge in [-0.2, -0.15) is 0 Å². The van der Waals surface area contributed by atoms with Gasteiger partial charge in [0.25, 0.3) is 0 Å². The van der Waals surface area contributed by atoms with Gasteiger partial charge in [0.1, 0.15) is 0 Å². The normalized spacial score (nSPS) is 14.6. The van der Waals surface area contributed by atoms with Crippen LogP contribution in [0.2, 0.25) is 0 Å².